The van der Waals surface area contributed by atoms with Crippen LogP contribution in [0, 0.1) is 0 Å². The van der Waals surface area contributed by atoms with Crippen LogP contribution in [0.15, 0.2) is 48.5 Å². The average Bonchev–Trinajstić information content (AvgIpc) is 2.62. The highest BCUT2D eigenvalue weighted by molar-refractivity contribution is 7.92. The zero-order valence-corrected chi connectivity index (χ0v) is 16.5. The summed E-state index contributed by atoms with van der Waals surface area (Å²) in [5.74, 6) is 0.778. The third-order valence-electron chi connectivity index (χ3n) is 3.73. The normalized spacial score (nSPS) is 10.9. The van der Waals surface area contributed by atoms with Gasteiger partial charge in [-0.2, -0.15) is 0 Å². The minimum absolute atomic E-state index is 0.00127. The van der Waals surface area contributed by atoms with Gasteiger partial charge in [-0.3, -0.25) is 9.10 Å². The number of anilines is 2. The van der Waals surface area contributed by atoms with Crippen molar-refractivity contribution in [3.63, 3.8) is 0 Å². The van der Waals surface area contributed by atoms with Gasteiger partial charge in [-0.1, -0.05) is 18.2 Å². The Kier molecular flexibility index (Phi) is 7.06. The summed E-state index contributed by atoms with van der Waals surface area (Å²) in [6.07, 6.45) is 1.10. The molecule has 0 radical (unpaired) electrons. The second-order valence-electron chi connectivity index (χ2n) is 5.77. The summed E-state index contributed by atoms with van der Waals surface area (Å²) < 4.78 is 36.4. The molecule has 2 aromatic rings. The third-order valence-corrected chi connectivity index (χ3v) is 4.91. The number of amides is 1. The van der Waals surface area contributed by atoms with E-state index in [-0.39, 0.29) is 18.9 Å². The van der Waals surface area contributed by atoms with Gasteiger partial charge in [-0.25, -0.2) is 8.42 Å². The van der Waals surface area contributed by atoms with Crippen LogP contribution in [0.4, 0.5) is 11.4 Å². The standard InChI is InChI=1S/C19H24N2O5S/c1-4-26-18-11-6-5-10-17(18)21(27(3,23)24)13-12-19(22)20-15-8-7-9-16(14-15)25-2/h5-11,14H,4,12-13H2,1-3H3,(H,20,22). The van der Waals surface area contributed by atoms with Gasteiger partial charge >= 0.3 is 0 Å². The van der Waals surface area contributed by atoms with Crippen LogP contribution in [0.25, 0.3) is 0 Å². The molecule has 7 nitrogen and oxygen atoms in total. The van der Waals surface area contributed by atoms with Crippen molar-refractivity contribution >= 4 is 27.3 Å². The predicted molar refractivity (Wildman–Crippen MR) is 106 cm³/mol. The van der Waals surface area contributed by atoms with Gasteiger partial charge in [0.25, 0.3) is 0 Å². The van der Waals surface area contributed by atoms with Crippen LogP contribution < -0.4 is 19.1 Å². The zero-order chi connectivity index (χ0) is 19.9. The number of nitrogens with zero attached hydrogens (tertiary/aromatic N) is 1. The number of rotatable bonds is 9. The van der Waals surface area contributed by atoms with Gasteiger partial charge in [-0.15, -0.1) is 0 Å². The van der Waals surface area contributed by atoms with Crippen LogP contribution in [0.5, 0.6) is 11.5 Å². The summed E-state index contributed by atoms with van der Waals surface area (Å²) in [4.78, 5) is 12.3. The van der Waals surface area contributed by atoms with Crippen molar-refractivity contribution in [2.45, 2.75) is 13.3 Å². The lowest BCUT2D eigenvalue weighted by atomic mass is 10.2. The molecule has 27 heavy (non-hydrogen) atoms. The molecule has 0 aliphatic carbocycles. The lowest BCUT2D eigenvalue weighted by Crippen LogP contribution is -2.33. The van der Waals surface area contributed by atoms with Crippen LogP contribution in [0.2, 0.25) is 0 Å². The number of hydrogen-bond acceptors (Lipinski definition) is 5. The number of benzene rings is 2. The highest BCUT2D eigenvalue weighted by Crippen LogP contribution is 2.30. The second kappa shape index (κ2) is 9.27. The number of para-hydroxylation sites is 2. The first-order valence-electron chi connectivity index (χ1n) is 8.48. The van der Waals surface area contributed by atoms with Gasteiger partial charge in [0.15, 0.2) is 0 Å². The van der Waals surface area contributed by atoms with Gasteiger partial charge in [-0.05, 0) is 31.2 Å². The molecule has 0 spiro atoms. The SMILES string of the molecule is CCOc1ccccc1N(CCC(=O)Nc1cccc(OC)c1)S(C)(=O)=O. The van der Waals surface area contributed by atoms with Crippen molar-refractivity contribution in [3.8, 4) is 11.5 Å². The molecule has 146 valence electrons. The number of hydrogen-bond donors (Lipinski definition) is 1. The van der Waals surface area contributed by atoms with E-state index in [4.69, 9.17) is 9.47 Å². The molecule has 0 atom stereocenters. The van der Waals surface area contributed by atoms with Gasteiger partial charge < -0.3 is 14.8 Å². The Bertz CT molecular complexity index is 883. The molecular formula is C19H24N2O5S. The Hall–Kier alpha value is -2.74. The van der Waals surface area contributed by atoms with E-state index in [0.29, 0.717) is 29.5 Å². The third kappa shape index (κ3) is 5.89. The molecule has 0 aromatic heterocycles. The fourth-order valence-corrected chi connectivity index (χ4v) is 3.46. The molecule has 0 aliphatic rings. The van der Waals surface area contributed by atoms with Crippen molar-refractivity contribution in [1.29, 1.82) is 0 Å². The summed E-state index contributed by atoms with van der Waals surface area (Å²) in [5, 5.41) is 2.74. The largest absolute Gasteiger partial charge is 0.497 e. The number of carbonyl (C=O) groups is 1. The van der Waals surface area contributed by atoms with E-state index >= 15 is 0 Å². The van der Waals surface area contributed by atoms with Crippen LogP contribution in [-0.2, 0) is 14.8 Å². The molecule has 0 saturated heterocycles. The minimum Gasteiger partial charge on any atom is -0.497 e. The molecule has 1 N–H and O–H groups in total. The maximum absolute atomic E-state index is 12.3. The predicted octanol–water partition coefficient (Wildman–Crippen LogP) is 2.89. The minimum atomic E-state index is -3.58. The van der Waals surface area contributed by atoms with Crippen LogP contribution in [0.1, 0.15) is 13.3 Å². The average molecular weight is 392 g/mol. The number of carbonyl (C=O) groups excluding carboxylic acids is 1. The Balaban J connectivity index is 2.12. The van der Waals surface area contributed by atoms with E-state index in [0.717, 1.165) is 6.26 Å². The van der Waals surface area contributed by atoms with Crippen LogP contribution in [-0.4, -0.2) is 40.8 Å². The Morgan fingerprint density at radius 1 is 1.15 bits per heavy atom. The number of ether oxygens (including phenoxy) is 2. The van der Waals surface area contributed by atoms with E-state index in [1.807, 2.05) is 6.92 Å². The van der Waals surface area contributed by atoms with Gasteiger partial charge in [0.2, 0.25) is 15.9 Å². The van der Waals surface area contributed by atoms with Crippen LogP contribution in [0.3, 0.4) is 0 Å². The number of sulfonamides is 1. The molecule has 0 bridgehead atoms. The Morgan fingerprint density at radius 3 is 2.56 bits per heavy atom. The fourth-order valence-electron chi connectivity index (χ4n) is 2.53. The smallest absolute Gasteiger partial charge is 0.232 e. The maximum Gasteiger partial charge on any atom is 0.232 e. The molecule has 0 unspecified atom stereocenters. The molecular weight excluding hydrogens is 368 g/mol. The van der Waals surface area contributed by atoms with E-state index in [9.17, 15) is 13.2 Å². The number of nitrogens with one attached hydrogen (secondary N) is 1. The van der Waals surface area contributed by atoms with Crippen molar-refractivity contribution < 1.29 is 22.7 Å². The first kappa shape index (κ1) is 20.6. The number of methoxy groups -OCH3 is 1. The molecule has 1 amide bonds. The quantitative estimate of drug-likeness (QED) is 0.709. The molecule has 0 fully saturated rings. The van der Waals surface area contributed by atoms with Crippen molar-refractivity contribution in [1.82, 2.24) is 0 Å². The summed E-state index contributed by atoms with van der Waals surface area (Å²) >= 11 is 0. The summed E-state index contributed by atoms with van der Waals surface area (Å²) in [7, 11) is -2.04. The monoisotopic (exact) mass is 392 g/mol. The molecule has 0 saturated carbocycles. The molecule has 0 aliphatic heterocycles. The second-order valence-corrected chi connectivity index (χ2v) is 7.67. The van der Waals surface area contributed by atoms with Gasteiger partial charge in [0.1, 0.15) is 11.5 Å². The summed E-state index contributed by atoms with van der Waals surface area (Å²) in [5.41, 5.74) is 0.996. The topological polar surface area (TPSA) is 84.9 Å². The maximum atomic E-state index is 12.3. The van der Waals surface area contributed by atoms with Crippen LogP contribution >= 0.6 is 0 Å². The van der Waals surface area contributed by atoms with Gasteiger partial charge in [0, 0.05) is 24.7 Å². The van der Waals surface area contributed by atoms with E-state index < -0.39 is 10.0 Å². The summed E-state index contributed by atoms with van der Waals surface area (Å²) in [6.45, 7) is 2.23. The lowest BCUT2D eigenvalue weighted by molar-refractivity contribution is -0.116. The summed E-state index contributed by atoms with van der Waals surface area (Å²) in [6, 6.07) is 13.8. The molecule has 8 heteroatoms. The fraction of sp³-hybridized carbons (Fsp3) is 0.316. The van der Waals surface area contributed by atoms with Crippen molar-refractivity contribution in [2.24, 2.45) is 0 Å². The van der Waals surface area contributed by atoms with Crippen molar-refractivity contribution in [3.05, 3.63) is 48.5 Å². The Labute approximate surface area is 160 Å². The highest BCUT2D eigenvalue weighted by atomic mass is 32.2. The zero-order valence-electron chi connectivity index (χ0n) is 15.6. The molecule has 0 heterocycles. The first-order chi connectivity index (χ1) is 12.8. The molecule has 2 rings (SSSR count). The Morgan fingerprint density at radius 2 is 1.89 bits per heavy atom. The van der Waals surface area contributed by atoms with Crippen molar-refractivity contribution in [2.75, 3.05) is 36.1 Å². The lowest BCUT2D eigenvalue weighted by Gasteiger charge is -2.24. The molecule has 2 aromatic carbocycles. The first-order valence-corrected chi connectivity index (χ1v) is 10.3. The van der Waals surface area contributed by atoms with E-state index in [1.54, 1.807) is 55.6 Å². The van der Waals surface area contributed by atoms with E-state index in [1.165, 1.54) is 4.31 Å². The van der Waals surface area contributed by atoms with Gasteiger partial charge in [0.05, 0.1) is 25.7 Å². The highest BCUT2D eigenvalue weighted by Gasteiger charge is 2.22. The van der Waals surface area contributed by atoms with E-state index in [2.05, 4.69) is 5.32 Å².